The number of amides is 1. The summed E-state index contributed by atoms with van der Waals surface area (Å²) in [7, 11) is 0. The fourth-order valence-electron chi connectivity index (χ4n) is 1.39. The Morgan fingerprint density at radius 3 is 2.94 bits per heavy atom. The molecule has 0 aliphatic rings. The molecule has 1 aromatic heterocycles. The Bertz CT molecular complexity index is 403. The molecule has 0 aliphatic carbocycles. The molecule has 86 valence electrons. The summed E-state index contributed by atoms with van der Waals surface area (Å²) in [6, 6.07) is 3.78. The summed E-state index contributed by atoms with van der Waals surface area (Å²) in [5.74, 6) is -0.163. The van der Waals surface area contributed by atoms with Crippen LogP contribution in [0.3, 0.4) is 0 Å². The molecule has 1 aromatic rings. The van der Waals surface area contributed by atoms with Gasteiger partial charge in [0.1, 0.15) is 5.69 Å². The van der Waals surface area contributed by atoms with Gasteiger partial charge in [-0.2, -0.15) is 10.4 Å². The van der Waals surface area contributed by atoms with Gasteiger partial charge in [0.05, 0.1) is 18.2 Å². The third-order valence-corrected chi connectivity index (χ3v) is 2.25. The van der Waals surface area contributed by atoms with Crippen molar-refractivity contribution in [1.29, 1.82) is 5.26 Å². The predicted octanol–water partition coefficient (Wildman–Crippen LogP) is 1.11. The Kier molecular flexibility index (Phi) is 4.52. The lowest BCUT2D eigenvalue weighted by Crippen LogP contribution is -2.26. The summed E-state index contributed by atoms with van der Waals surface area (Å²) in [6.45, 7) is 4.99. The molecular formula is C11H16N4O. The lowest BCUT2D eigenvalue weighted by atomic mass is 10.3. The second kappa shape index (κ2) is 5.91. The van der Waals surface area contributed by atoms with Gasteiger partial charge in [-0.1, -0.05) is 6.92 Å². The van der Waals surface area contributed by atoms with E-state index in [1.54, 1.807) is 10.7 Å². The highest BCUT2D eigenvalue weighted by Crippen LogP contribution is 2.05. The number of nitrogens with zero attached hydrogens (tertiary/aromatic N) is 3. The van der Waals surface area contributed by atoms with Crippen LogP contribution in [0.4, 0.5) is 0 Å². The molecule has 1 N–H and O–H groups in total. The molecule has 1 amide bonds. The highest BCUT2D eigenvalue weighted by Gasteiger charge is 2.12. The quantitative estimate of drug-likeness (QED) is 0.755. The summed E-state index contributed by atoms with van der Waals surface area (Å²) in [4.78, 5) is 11.7. The molecule has 1 heterocycles. The minimum Gasteiger partial charge on any atom is -0.350 e. The van der Waals surface area contributed by atoms with Gasteiger partial charge >= 0.3 is 0 Å². The molecule has 0 atom stereocenters. The maximum Gasteiger partial charge on any atom is 0.269 e. The average molecular weight is 220 g/mol. The Morgan fingerprint density at radius 1 is 1.62 bits per heavy atom. The number of hydrogen-bond donors (Lipinski definition) is 1. The fraction of sp³-hybridized carbons (Fsp3) is 0.545. The first-order valence-electron chi connectivity index (χ1n) is 5.44. The summed E-state index contributed by atoms with van der Waals surface area (Å²) in [5, 5.41) is 15.4. The maximum atomic E-state index is 11.7. The molecule has 0 unspecified atom stereocenters. The van der Waals surface area contributed by atoms with Crippen LogP contribution in [-0.4, -0.2) is 22.2 Å². The molecule has 0 fully saturated rings. The van der Waals surface area contributed by atoms with Gasteiger partial charge in [0.25, 0.3) is 5.91 Å². The third-order valence-electron chi connectivity index (χ3n) is 2.25. The second-order valence-corrected chi connectivity index (χ2v) is 3.35. The Morgan fingerprint density at radius 2 is 2.38 bits per heavy atom. The number of carbonyl (C=O) groups excluding carboxylic acids is 1. The van der Waals surface area contributed by atoms with Crippen molar-refractivity contribution in [3.8, 4) is 6.07 Å². The van der Waals surface area contributed by atoms with Crippen LogP contribution in [0.1, 0.15) is 36.5 Å². The maximum absolute atomic E-state index is 11.7. The normalized spacial score (nSPS) is 9.81. The van der Waals surface area contributed by atoms with Crippen LogP contribution in [0.5, 0.6) is 0 Å². The van der Waals surface area contributed by atoms with Gasteiger partial charge in [-0.15, -0.1) is 0 Å². The zero-order valence-corrected chi connectivity index (χ0v) is 9.66. The van der Waals surface area contributed by atoms with E-state index in [-0.39, 0.29) is 5.91 Å². The van der Waals surface area contributed by atoms with Crippen molar-refractivity contribution in [3.05, 3.63) is 17.5 Å². The molecule has 0 saturated carbocycles. The van der Waals surface area contributed by atoms with Crippen molar-refractivity contribution in [3.63, 3.8) is 0 Å². The SMILES string of the molecule is CCc1cc(C(=O)NCCC#N)n(CC)n1. The zero-order chi connectivity index (χ0) is 12.0. The van der Waals surface area contributed by atoms with Crippen molar-refractivity contribution < 1.29 is 4.79 Å². The van der Waals surface area contributed by atoms with Crippen molar-refractivity contribution >= 4 is 5.91 Å². The monoisotopic (exact) mass is 220 g/mol. The van der Waals surface area contributed by atoms with E-state index in [2.05, 4.69) is 10.4 Å². The number of nitrogens with one attached hydrogen (secondary N) is 1. The lowest BCUT2D eigenvalue weighted by molar-refractivity contribution is 0.0944. The molecule has 0 radical (unpaired) electrons. The van der Waals surface area contributed by atoms with E-state index >= 15 is 0 Å². The molecular weight excluding hydrogens is 204 g/mol. The highest BCUT2D eigenvalue weighted by molar-refractivity contribution is 5.92. The summed E-state index contributed by atoms with van der Waals surface area (Å²) < 4.78 is 1.68. The van der Waals surface area contributed by atoms with Crippen LogP contribution >= 0.6 is 0 Å². The minimum absolute atomic E-state index is 0.163. The van der Waals surface area contributed by atoms with Crippen LogP contribution in [0.15, 0.2) is 6.07 Å². The number of aryl methyl sites for hydroxylation is 2. The molecule has 5 heteroatoms. The van der Waals surface area contributed by atoms with Gasteiger partial charge in [0.15, 0.2) is 0 Å². The first kappa shape index (κ1) is 12.2. The van der Waals surface area contributed by atoms with Crippen molar-refractivity contribution in [2.24, 2.45) is 0 Å². The molecule has 5 nitrogen and oxygen atoms in total. The van der Waals surface area contributed by atoms with Crippen LogP contribution in [0.2, 0.25) is 0 Å². The Balaban J connectivity index is 2.74. The van der Waals surface area contributed by atoms with Gasteiger partial charge in [0.2, 0.25) is 0 Å². The molecule has 0 aliphatic heterocycles. The van der Waals surface area contributed by atoms with E-state index < -0.39 is 0 Å². The van der Waals surface area contributed by atoms with Gasteiger partial charge in [-0.25, -0.2) is 0 Å². The first-order valence-corrected chi connectivity index (χ1v) is 5.44. The van der Waals surface area contributed by atoms with E-state index in [0.717, 1.165) is 12.1 Å². The number of nitriles is 1. The van der Waals surface area contributed by atoms with Crippen LogP contribution < -0.4 is 5.32 Å². The number of rotatable bonds is 5. The Labute approximate surface area is 95.1 Å². The van der Waals surface area contributed by atoms with Crippen molar-refractivity contribution in [2.45, 2.75) is 33.2 Å². The van der Waals surface area contributed by atoms with Crippen LogP contribution in [-0.2, 0) is 13.0 Å². The number of aromatic nitrogens is 2. The zero-order valence-electron chi connectivity index (χ0n) is 9.66. The number of hydrogen-bond acceptors (Lipinski definition) is 3. The molecule has 0 bridgehead atoms. The predicted molar refractivity (Wildman–Crippen MR) is 59.8 cm³/mol. The minimum atomic E-state index is -0.163. The number of carbonyl (C=O) groups is 1. The van der Waals surface area contributed by atoms with Crippen molar-refractivity contribution in [1.82, 2.24) is 15.1 Å². The van der Waals surface area contributed by atoms with Gasteiger partial charge in [0, 0.05) is 13.1 Å². The molecule has 1 rings (SSSR count). The second-order valence-electron chi connectivity index (χ2n) is 3.35. The van der Waals surface area contributed by atoms with E-state index in [1.807, 2.05) is 19.9 Å². The topological polar surface area (TPSA) is 70.7 Å². The molecule has 0 spiro atoms. The Hall–Kier alpha value is -1.83. The van der Waals surface area contributed by atoms with Gasteiger partial charge in [-0.05, 0) is 19.4 Å². The molecule has 0 aromatic carbocycles. The van der Waals surface area contributed by atoms with E-state index in [0.29, 0.717) is 25.2 Å². The molecule has 16 heavy (non-hydrogen) atoms. The van der Waals surface area contributed by atoms with Crippen LogP contribution in [0.25, 0.3) is 0 Å². The summed E-state index contributed by atoms with van der Waals surface area (Å²) in [6.07, 6.45) is 1.14. The van der Waals surface area contributed by atoms with E-state index in [1.165, 1.54) is 0 Å². The largest absolute Gasteiger partial charge is 0.350 e. The summed E-state index contributed by atoms with van der Waals surface area (Å²) >= 11 is 0. The third kappa shape index (κ3) is 2.83. The standard InChI is InChI=1S/C11H16N4O/c1-3-9-8-10(15(4-2)14-9)11(16)13-7-5-6-12/h8H,3-5,7H2,1-2H3,(H,13,16). The van der Waals surface area contributed by atoms with Gasteiger partial charge < -0.3 is 5.32 Å². The highest BCUT2D eigenvalue weighted by atomic mass is 16.2. The smallest absolute Gasteiger partial charge is 0.269 e. The molecule has 0 saturated heterocycles. The van der Waals surface area contributed by atoms with Crippen molar-refractivity contribution in [2.75, 3.05) is 6.54 Å². The summed E-state index contributed by atoms with van der Waals surface area (Å²) in [5.41, 5.74) is 1.48. The van der Waals surface area contributed by atoms with Crippen LogP contribution in [0, 0.1) is 11.3 Å². The van der Waals surface area contributed by atoms with Gasteiger partial charge in [-0.3, -0.25) is 9.48 Å². The first-order chi connectivity index (χ1) is 7.72. The fourth-order valence-corrected chi connectivity index (χ4v) is 1.39. The van der Waals surface area contributed by atoms with E-state index in [4.69, 9.17) is 5.26 Å². The average Bonchev–Trinajstić information content (AvgIpc) is 2.72. The lowest BCUT2D eigenvalue weighted by Gasteiger charge is -2.04. The van der Waals surface area contributed by atoms with E-state index in [9.17, 15) is 4.79 Å².